The Morgan fingerprint density at radius 3 is 2.38 bits per heavy atom. The van der Waals surface area contributed by atoms with Crippen molar-refractivity contribution in [3.8, 4) is 0 Å². The first-order valence-corrected chi connectivity index (χ1v) is 9.45. The average molecular weight is 401 g/mol. The summed E-state index contributed by atoms with van der Waals surface area (Å²) in [5, 5.41) is 0.939. The van der Waals surface area contributed by atoms with E-state index in [0.717, 1.165) is 41.8 Å². The Hall–Kier alpha value is -3.10. The van der Waals surface area contributed by atoms with Gasteiger partial charge in [0.2, 0.25) is 0 Å². The first kappa shape index (κ1) is 18.0. The van der Waals surface area contributed by atoms with Crippen molar-refractivity contribution in [3.05, 3.63) is 54.0 Å². The van der Waals surface area contributed by atoms with Crippen molar-refractivity contribution < 1.29 is 18.0 Å². The normalized spacial score (nSPS) is 21.8. The summed E-state index contributed by atoms with van der Waals surface area (Å²) in [4.78, 5) is 28.8. The van der Waals surface area contributed by atoms with Crippen molar-refractivity contribution >= 4 is 22.8 Å². The Balaban J connectivity index is 1.38. The van der Waals surface area contributed by atoms with Crippen LogP contribution >= 0.6 is 0 Å². The second-order valence-electron chi connectivity index (χ2n) is 7.51. The molecule has 29 heavy (non-hydrogen) atoms. The Bertz CT molecular complexity index is 1050. The van der Waals surface area contributed by atoms with Crippen LogP contribution in [0.15, 0.2) is 42.9 Å². The van der Waals surface area contributed by atoms with Crippen molar-refractivity contribution in [3.63, 3.8) is 0 Å². The maximum atomic E-state index is 13.0. The van der Waals surface area contributed by atoms with Crippen LogP contribution < -0.4 is 4.90 Å². The standard InChI is InChI=1S/C20H18F3N5O/c21-20(22,23)13-3-1-12(2-4-13)19(29)28-14-5-6-15(28)10-27(9-14)18-16-7-8-24-17(16)25-11-26-18/h1-4,7-8,11,14-15H,5-6,9-10H2,(H,24,25,26)/t14-,15+. The lowest BCUT2D eigenvalue weighted by Crippen LogP contribution is -2.56. The molecular weight excluding hydrogens is 383 g/mol. The molecule has 2 aliphatic heterocycles. The lowest BCUT2D eigenvalue weighted by molar-refractivity contribution is -0.137. The van der Waals surface area contributed by atoms with Gasteiger partial charge < -0.3 is 14.8 Å². The molecule has 1 amide bonds. The van der Waals surface area contributed by atoms with Gasteiger partial charge in [0.25, 0.3) is 5.91 Å². The van der Waals surface area contributed by atoms with Crippen LogP contribution in [0, 0.1) is 0 Å². The highest BCUT2D eigenvalue weighted by atomic mass is 19.4. The Kier molecular flexibility index (Phi) is 4.01. The van der Waals surface area contributed by atoms with Crippen molar-refractivity contribution in [2.24, 2.45) is 0 Å². The zero-order valence-electron chi connectivity index (χ0n) is 15.4. The number of amides is 1. The van der Waals surface area contributed by atoms with Crippen molar-refractivity contribution in [2.45, 2.75) is 31.1 Å². The van der Waals surface area contributed by atoms with Gasteiger partial charge in [-0.3, -0.25) is 4.79 Å². The average Bonchev–Trinajstić information content (AvgIpc) is 3.28. The molecule has 1 aromatic carbocycles. The highest BCUT2D eigenvalue weighted by Crippen LogP contribution is 2.35. The van der Waals surface area contributed by atoms with Gasteiger partial charge in [0.05, 0.1) is 23.0 Å². The number of carbonyl (C=O) groups excluding carboxylic acids is 1. The minimum absolute atomic E-state index is 0.00694. The highest BCUT2D eigenvalue weighted by Gasteiger charge is 2.43. The number of nitrogens with zero attached hydrogens (tertiary/aromatic N) is 4. The summed E-state index contributed by atoms with van der Waals surface area (Å²) in [5.74, 6) is 0.634. The fraction of sp³-hybridized carbons (Fsp3) is 0.350. The minimum Gasteiger partial charge on any atom is -0.352 e. The fourth-order valence-electron chi connectivity index (χ4n) is 4.47. The number of rotatable bonds is 2. The molecule has 1 N–H and O–H groups in total. The summed E-state index contributed by atoms with van der Waals surface area (Å²) in [6, 6.07) is 6.42. The van der Waals surface area contributed by atoms with E-state index >= 15 is 0 Å². The molecule has 2 fully saturated rings. The number of alkyl halides is 3. The summed E-state index contributed by atoms with van der Waals surface area (Å²) in [6.07, 6.45) is 0.675. The van der Waals surface area contributed by atoms with Gasteiger partial charge in [-0.2, -0.15) is 13.2 Å². The van der Waals surface area contributed by atoms with Crippen LogP contribution in [0.2, 0.25) is 0 Å². The van der Waals surface area contributed by atoms with E-state index in [-0.39, 0.29) is 18.0 Å². The molecule has 0 unspecified atom stereocenters. The van der Waals surface area contributed by atoms with Gasteiger partial charge in [0, 0.05) is 24.8 Å². The van der Waals surface area contributed by atoms with Gasteiger partial charge >= 0.3 is 6.18 Å². The van der Waals surface area contributed by atoms with Crippen molar-refractivity contribution in [2.75, 3.05) is 18.0 Å². The van der Waals surface area contributed by atoms with Gasteiger partial charge in [-0.15, -0.1) is 0 Å². The summed E-state index contributed by atoms with van der Waals surface area (Å²) >= 11 is 0. The third kappa shape index (κ3) is 3.01. The highest BCUT2D eigenvalue weighted by molar-refractivity contribution is 5.95. The number of piperazine rings is 1. The number of aromatic nitrogens is 3. The van der Waals surface area contributed by atoms with E-state index in [9.17, 15) is 18.0 Å². The molecular formula is C20H18F3N5O. The Morgan fingerprint density at radius 1 is 1.03 bits per heavy atom. The van der Waals surface area contributed by atoms with Crippen molar-refractivity contribution in [1.29, 1.82) is 0 Å². The summed E-state index contributed by atoms with van der Waals surface area (Å²) < 4.78 is 38.4. The Morgan fingerprint density at radius 2 is 1.72 bits per heavy atom. The predicted octanol–water partition coefficient (Wildman–Crippen LogP) is 3.47. The molecule has 2 aromatic heterocycles. The first-order chi connectivity index (χ1) is 13.9. The van der Waals surface area contributed by atoms with Crippen LogP contribution in [0.1, 0.15) is 28.8 Å². The van der Waals surface area contributed by atoms with Gasteiger partial charge in [-0.25, -0.2) is 9.97 Å². The molecule has 150 valence electrons. The molecule has 2 atom stereocenters. The van der Waals surface area contributed by atoms with Crippen LogP contribution in [-0.4, -0.2) is 50.9 Å². The third-order valence-corrected chi connectivity index (χ3v) is 5.81. The largest absolute Gasteiger partial charge is 0.416 e. The molecule has 4 heterocycles. The number of hydrogen-bond acceptors (Lipinski definition) is 4. The zero-order valence-corrected chi connectivity index (χ0v) is 15.4. The SMILES string of the molecule is O=C(c1ccc(C(F)(F)F)cc1)N1[C@@H]2CC[C@H]1CN(c1ncnc3[nH]ccc13)C2. The minimum atomic E-state index is -4.41. The third-order valence-electron chi connectivity index (χ3n) is 5.81. The monoisotopic (exact) mass is 401 g/mol. The second kappa shape index (κ2) is 6.47. The van der Waals surface area contributed by atoms with E-state index in [2.05, 4.69) is 19.9 Å². The number of anilines is 1. The van der Waals surface area contributed by atoms with Gasteiger partial charge in [-0.05, 0) is 43.2 Å². The number of nitrogens with one attached hydrogen (secondary N) is 1. The molecule has 5 rings (SSSR count). The quantitative estimate of drug-likeness (QED) is 0.714. The number of fused-ring (bicyclic) bond motifs is 3. The number of aromatic amines is 1. The molecule has 3 aromatic rings. The van der Waals surface area contributed by atoms with Crippen molar-refractivity contribution in [1.82, 2.24) is 19.9 Å². The van der Waals surface area contributed by atoms with E-state index in [1.807, 2.05) is 17.2 Å². The maximum absolute atomic E-state index is 13.0. The molecule has 6 nitrogen and oxygen atoms in total. The molecule has 0 spiro atoms. The van der Waals surface area contributed by atoms with E-state index in [1.54, 1.807) is 0 Å². The summed E-state index contributed by atoms with van der Waals surface area (Å²) in [5.41, 5.74) is 0.310. The fourth-order valence-corrected chi connectivity index (χ4v) is 4.47. The van der Waals surface area contributed by atoms with Gasteiger partial charge in [0.15, 0.2) is 0 Å². The van der Waals surface area contributed by atoms with Gasteiger partial charge in [0.1, 0.15) is 17.8 Å². The molecule has 9 heteroatoms. The van der Waals surface area contributed by atoms with Gasteiger partial charge in [-0.1, -0.05) is 0 Å². The van der Waals surface area contributed by atoms with E-state index in [4.69, 9.17) is 0 Å². The molecule has 0 saturated carbocycles. The first-order valence-electron chi connectivity index (χ1n) is 9.45. The summed E-state index contributed by atoms with van der Waals surface area (Å²) in [6.45, 7) is 1.28. The summed E-state index contributed by atoms with van der Waals surface area (Å²) in [7, 11) is 0. The maximum Gasteiger partial charge on any atom is 0.416 e. The zero-order chi connectivity index (χ0) is 20.2. The van der Waals surface area contributed by atoms with E-state index in [1.165, 1.54) is 18.5 Å². The van der Waals surface area contributed by atoms with Crippen LogP contribution in [-0.2, 0) is 6.18 Å². The van der Waals surface area contributed by atoms with E-state index < -0.39 is 11.7 Å². The number of hydrogen-bond donors (Lipinski definition) is 1. The number of carbonyl (C=O) groups is 1. The predicted molar refractivity (Wildman–Crippen MR) is 101 cm³/mol. The number of H-pyrrole nitrogens is 1. The lowest BCUT2D eigenvalue weighted by atomic mass is 10.1. The van der Waals surface area contributed by atoms with Crippen LogP contribution in [0.3, 0.4) is 0 Å². The number of benzene rings is 1. The topological polar surface area (TPSA) is 65.1 Å². The molecule has 0 aliphatic carbocycles. The van der Waals surface area contributed by atoms with Crippen LogP contribution in [0.4, 0.5) is 19.0 Å². The molecule has 2 saturated heterocycles. The van der Waals surface area contributed by atoms with Crippen LogP contribution in [0.25, 0.3) is 11.0 Å². The van der Waals surface area contributed by atoms with Crippen LogP contribution in [0.5, 0.6) is 0 Å². The lowest BCUT2D eigenvalue weighted by Gasteiger charge is -2.41. The molecule has 2 bridgehead atoms. The Labute approximate surface area is 164 Å². The molecule has 2 aliphatic rings. The molecule has 0 radical (unpaired) electrons. The smallest absolute Gasteiger partial charge is 0.352 e. The van der Waals surface area contributed by atoms with E-state index in [0.29, 0.717) is 18.7 Å². The second-order valence-corrected chi connectivity index (χ2v) is 7.51. The number of halogens is 3.